The van der Waals surface area contributed by atoms with E-state index in [1.54, 1.807) is 0 Å². The summed E-state index contributed by atoms with van der Waals surface area (Å²) in [5.74, 6) is 0. The van der Waals surface area contributed by atoms with Gasteiger partial charge >= 0.3 is 0 Å². The number of allylic oxidation sites excluding steroid dienone is 1. The molecule has 0 aliphatic heterocycles. The zero-order valence-electron chi connectivity index (χ0n) is 30.5. The smallest absolute Gasteiger partial charge is 0.0558 e. The van der Waals surface area contributed by atoms with Gasteiger partial charge in [-0.05, 0) is 124 Å². The van der Waals surface area contributed by atoms with Gasteiger partial charge in [0.2, 0.25) is 0 Å². The first-order valence-electron chi connectivity index (χ1n) is 19.4. The normalized spacial score (nSPS) is 13.0. The summed E-state index contributed by atoms with van der Waals surface area (Å²) >= 11 is 0. The van der Waals surface area contributed by atoms with Crippen molar-refractivity contribution in [2.75, 3.05) is 4.90 Å². The number of para-hydroxylation sites is 1. The Labute approximate surface area is 321 Å². The molecule has 0 saturated heterocycles. The van der Waals surface area contributed by atoms with Gasteiger partial charge in [0.05, 0.1) is 11.2 Å². The van der Waals surface area contributed by atoms with Gasteiger partial charge < -0.3 is 9.47 Å². The van der Waals surface area contributed by atoms with E-state index >= 15 is 0 Å². The van der Waals surface area contributed by atoms with Crippen LogP contribution in [0.25, 0.3) is 61.3 Å². The molecule has 2 aliphatic carbocycles. The standard InChI is InChI=1S/C53H38N2/c1-3-13-36(14-4-1)38-18-11-21-44(32-38)54(51-24-12-17-37-15-7-10-23-47(37)51)45-28-29-48-50-34-40(27-30-52(50)55(53(48)35-45)43-19-5-2-6-20-43)39-25-26-42-31-41-16-8-9-22-46(41)49(42)33-39/h1-26,28-29,32-35H,27,30-31H2. The molecule has 0 fully saturated rings. The molecule has 2 aliphatic rings. The molecule has 2 heteroatoms. The highest BCUT2D eigenvalue weighted by Gasteiger charge is 2.25. The lowest BCUT2D eigenvalue weighted by Crippen LogP contribution is -2.11. The van der Waals surface area contributed by atoms with E-state index in [-0.39, 0.29) is 0 Å². The third-order valence-electron chi connectivity index (χ3n) is 11.7. The number of benzene rings is 8. The van der Waals surface area contributed by atoms with Crippen molar-refractivity contribution < 1.29 is 0 Å². The lowest BCUT2D eigenvalue weighted by molar-refractivity contribution is 0.898. The lowest BCUT2D eigenvalue weighted by Gasteiger charge is -2.27. The minimum atomic E-state index is 0.972. The highest BCUT2D eigenvalue weighted by Crippen LogP contribution is 2.45. The SMILES string of the molecule is C1=C(c2ccc3c(c2)-c2ccccc2C3)CCc2c1c1ccc(N(c3cccc(-c4ccccc4)c3)c3cccc4ccccc34)cc1n2-c1ccccc1. The van der Waals surface area contributed by atoms with Crippen LogP contribution in [0.4, 0.5) is 17.1 Å². The highest BCUT2D eigenvalue weighted by atomic mass is 15.1. The zero-order valence-corrected chi connectivity index (χ0v) is 30.5. The van der Waals surface area contributed by atoms with Gasteiger partial charge in [0.1, 0.15) is 0 Å². The molecule has 260 valence electrons. The van der Waals surface area contributed by atoms with Crippen LogP contribution in [-0.4, -0.2) is 4.57 Å². The van der Waals surface area contributed by atoms with Crippen LogP contribution in [0.3, 0.4) is 0 Å². The Morgan fingerprint density at radius 1 is 0.455 bits per heavy atom. The summed E-state index contributed by atoms with van der Waals surface area (Å²) in [7, 11) is 0. The van der Waals surface area contributed by atoms with E-state index in [1.807, 2.05) is 0 Å². The number of fused-ring (bicyclic) bond motifs is 7. The fourth-order valence-corrected chi connectivity index (χ4v) is 9.11. The highest BCUT2D eigenvalue weighted by molar-refractivity contribution is 6.03. The third-order valence-corrected chi connectivity index (χ3v) is 11.7. The van der Waals surface area contributed by atoms with E-state index in [2.05, 4.69) is 204 Å². The first-order valence-corrected chi connectivity index (χ1v) is 19.4. The fraction of sp³-hybridized carbons (Fsp3) is 0.0566. The van der Waals surface area contributed by atoms with Crippen LogP contribution in [0.1, 0.15) is 34.4 Å². The molecule has 0 bridgehead atoms. The van der Waals surface area contributed by atoms with Gasteiger partial charge in [-0.3, -0.25) is 0 Å². The van der Waals surface area contributed by atoms with Gasteiger partial charge in [-0.1, -0.05) is 140 Å². The molecule has 1 aromatic heterocycles. The number of anilines is 3. The second-order valence-electron chi connectivity index (χ2n) is 14.9. The third kappa shape index (κ3) is 5.33. The van der Waals surface area contributed by atoms with Crippen molar-refractivity contribution in [1.29, 1.82) is 0 Å². The van der Waals surface area contributed by atoms with Crippen molar-refractivity contribution in [2.24, 2.45) is 0 Å². The second-order valence-corrected chi connectivity index (χ2v) is 14.9. The van der Waals surface area contributed by atoms with Gasteiger partial charge in [-0.2, -0.15) is 0 Å². The summed E-state index contributed by atoms with van der Waals surface area (Å²) in [5, 5.41) is 3.72. The van der Waals surface area contributed by atoms with Crippen LogP contribution in [0.2, 0.25) is 0 Å². The topological polar surface area (TPSA) is 8.17 Å². The van der Waals surface area contributed by atoms with E-state index in [9.17, 15) is 0 Å². The summed E-state index contributed by atoms with van der Waals surface area (Å²) in [6.07, 6.45) is 5.47. The first kappa shape index (κ1) is 31.6. The molecule has 0 amide bonds. The summed E-state index contributed by atoms with van der Waals surface area (Å²) in [6.45, 7) is 0. The maximum atomic E-state index is 2.52. The van der Waals surface area contributed by atoms with E-state index in [0.29, 0.717) is 0 Å². The molecule has 0 saturated carbocycles. The minimum absolute atomic E-state index is 0.972. The number of hydrogen-bond acceptors (Lipinski definition) is 1. The Morgan fingerprint density at radius 2 is 1.18 bits per heavy atom. The van der Waals surface area contributed by atoms with Crippen molar-refractivity contribution in [3.8, 4) is 27.9 Å². The molecule has 8 aromatic carbocycles. The Balaban J connectivity index is 1.11. The zero-order chi connectivity index (χ0) is 36.3. The Morgan fingerprint density at radius 3 is 2.09 bits per heavy atom. The number of nitrogens with zero attached hydrogens (tertiary/aromatic N) is 2. The maximum absolute atomic E-state index is 2.52. The van der Waals surface area contributed by atoms with Gasteiger partial charge in [0.25, 0.3) is 0 Å². The first-order chi connectivity index (χ1) is 27.3. The van der Waals surface area contributed by atoms with Gasteiger partial charge in [0.15, 0.2) is 0 Å². The number of hydrogen-bond donors (Lipinski definition) is 0. The molecule has 0 atom stereocenters. The Kier molecular flexibility index (Phi) is 7.41. The quantitative estimate of drug-likeness (QED) is 0.167. The van der Waals surface area contributed by atoms with Crippen LogP contribution in [0.15, 0.2) is 188 Å². The molecule has 0 unspecified atom stereocenters. The summed E-state index contributed by atoms with van der Waals surface area (Å²) in [5.41, 5.74) is 19.3. The van der Waals surface area contributed by atoms with Crippen LogP contribution < -0.4 is 4.90 Å². The summed E-state index contributed by atoms with van der Waals surface area (Å²) in [6, 6.07) is 69.0. The molecule has 11 rings (SSSR count). The predicted octanol–water partition coefficient (Wildman–Crippen LogP) is 14.0. The van der Waals surface area contributed by atoms with Crippen molar-refractivity contribution >= 4 is 50.4 Å². The van der Waals surface area contributed by atoms with Gasteiger partial charge in [0, 0.05) is 39.1 Å². The number of aromatic nitrogens is 1. The number of rotatable bonds is 6. The van der Waals surface area contributed by atoms with E-state index in [4.69, 9.17) is 0 Å². The van der Waals surface area contributed by atoms with E-state index in [0.717, 1.165) is 36.3 Å². The second kappa shape index (κ2) is 12.9. The summed E-state index contributed by atoms with van der Waals surface area (Å²) < 4.78 is 2.52. The molecular formula is C53H38N2. The van der Waals surface area contributed by atoms with Crippen molar-refractivity contribution in [3.05, 3.63) is 216 Å². The molecule has 55 heavy (non-hydrogen) atoms. The fourth-order valence-electron chi connectivity index (χ4n) is 9.11. The van der Waals surface area contributed by atoms with Crippen molar-refractivity contribution in [1.82, 2.24) is 4.57 Å². The van der Waals surface area contributed by atoms with Crippen molar-refractivity contribution in [2.45, 2.75) is 19.3 Å². The average molecular weight is 703 g/mol. The Hall–Kier alpha value is -6.90. The van der Waals surface area contributed by atoms with Crippen LogP contribution in [0, 0.1) is 0 Å². The molecule has 0 radical (unpaired) electrons. The average Bonchev–Trinajstić information content (AvgIpc) is 3.79. The molecule has 9 aromatic rings. The molecule has 1 heterocycles. The van der Waals surface area contributed by atoms with E-state index in [1.165, 1.54) is 83.1 Å². The lowest BCUT2D eigenvalue weighted by atomic mass is 9.89. The maximum Gasteiger partial charge on any atom is 0.0558 e. The molecular weight excluding hydrogens is 665 g/mol. The summed E-state index contributed by atoms with van der Waals surface area (Å²) in [4.78, 5) is 2.44. The van der Waals surface area contributed by atoms with Gasteiger partial charge in [-0.25, -0.2) is 0 Å². The Bertz CT molecular complexity index is 2940. The molecule has 2 nitrogen and oxygen atoms in total. The predicted molar refractivity (Wildman–Crippen MR) is 232 cm³/mol. The molecule has 0 spiro atoms. The van der Waals surface area contributed by atoms with Gasteiger partial charge in [-0.15, -0.1) is 0 Å². The largest absolute Gasteiger partial charge is 0.313 e. The van der Waals surface area contributed by atoms with E-state index < -0.39 is 0 Å². The monoisotopic (exact) mass is 702 g/mol. The molecule has 0 N–H and O–H groups in total. The van der Waals surface area contributed by atoms with Crippen LogP contribution >= 0.6 is 0 Å². The van der Waals surface area contributed by atoms with Crippen LogP contribution in [-0.2, 0) is 12.8 Å². The van der Waals surface area contributed by atoms with Crippen molar-refractivity contribution in [3.63, 3.8) is 0 Å². The van der Waals surface area contributed by atoms with Crippen LogP contribution in [0.5, 0.6) is 0 Å². The minimum Gasteiger partial charge on any atom is -0.313 e.